The van der Waals surface area contributed by atoms with Crippen molar-refractivity contribution in [2.75, 3.05) is 0 Å². The fraction of sp³-hybridized carbons (Fsp3) is 0.0556. The molecule has 0 saturated heterocycles. The summed E-state index contributed by atoms with van der Waals surface area (Å²) in [4.78, 5) is 21.9. The maximum absolute atomic E-state index is 12.7. The first kappa shape index (κ1) is 18.2. The van der Waals surface area contributed by atoms with Crippen LogP contribution < -0.4 is 9.84 Å². The summed E-state index contributed by atoms with van der Waals surface area (Å²) < 4.78 is 35.4. The number of aromatic nitrogens is 2. The van der Waals surface area contributed by atoms with Crippen LogP contribution >= 0.6 is 0 Å². The smallest absolute Gasteiger partial charge is 0.387 e. The molecule has 0 aliphatic heterocycles. The summed E-state index contributed by atoms with van der Waals surface area (Å²) in [7, 11) is 0. The predicted octanol–water partition coefficient (Wildman–Crippen LogP) is 2.92. The SMILES string of the molecule is O=C([O-])c1ccc(OC(F)F)c2oc3cnnc(-c4ccc([N+](=O)[O-])cc4)c3c12. The molecule has 0 saturated carbocycles. The Kier molecular flexibility index (Phi) is 4.26. The highest BCUT2D eigenvalue weighted by Gasteiger charge is 2.22. The number of alkyl halides is 2. The number of aromatic carboxylic acids is 1. The molecule has 4 aromatic rings. The Morgan fingerprint density at radius 2 is 1.86 bits per heavy atom. The van der Waals surface area contributed by atoms with Crippen LogP contribution in [0.4, 0.5) is 14.5 Å². The van der Waals surface area contributed by atoms with Crippen molar-refractivity contribution < 1.29 is 32.8 Å². The monoisotopic (exact) mass is 400 g/mol. The molecule has 0 amide bonds. The van der Waals surface area contributed by atoms with Crippen molar-refractivity contribution >= 4 is 33.6 Å². The Balaban J connectivity index is 2.05. The number of carboxylic acid groups (broad SMARTS) is 1. The number of furan rings is 1. The molecule has 146 valence electrons. The van der Waals surface area contributed by atoms with Crippen molar-refractivity contribution in [1.82, 2.24) is 10.2 Å². The van der Waals surface area contributed by atoms with Gasteiger partial charge in [-0.05, 0) is 24.3 Å². The largest absolute Gasteiger partial charge is 0.545 e. The number of benzene rings is 2. The van der Waals surface area contributed by atoms with Gasteiger partial charge in [0.2, 0.25) is 0 Å². The molecule has 0 aliphatic rings. The van der Waals surface area contributed by atoms with E-state index in [9.17, 15) is 28.8 Å². The maximum Gasteiger partial charge on any atom is 0.387 e. The molecular formula is C18H8F2N3O6-. The zero-order valence-corrected chi connectivity index (χ0v) is 14.2. The van der Waals surface area contributed by atoms with Gasteiger partial charge in [-0.15, -0.1) is 5.10 Å². The highest BCUT2D eigenvalue weighted by Crippen LogP contribution is 2.41. The van der Waals surface area contributed by atoms with Gasteiger partial charge < -0.3 is 19.1 Å². The van der Waals surface area contributed by atoms with Crippen molar-refractivity contribution in [2.45, 2.75) is 6.61 Å². The van der Waals surface area contributed by atoms with Gasteiger partial charge in [0, 0.05) is 28.6 Å². The quantitative estimate of drug-likeness (QED) is 0.369. The Labute approximate surface area is 159 Å². The summed E-state index contributed by atoms with van der Waals surface area (Å²) in [5, 5.41) is 30.3. The molecule has 2 aromatic carbocycles. The molecule has 0 spiro atoms. The molecular weight excluding hydrogens is 392 g/mol. The van der Waals surface area contributed by atoms with Crippen LogP contribution in [0.1, 0.15) is 10.4 Å². The third-order valence-corrected chi connectivity index (χ3v) is 4.19. The van der Waals surface area contributed by atoms with E-state index in [0.717, 1.165) is 12.1 Å². The third kappa shape index (κ3) is 3.08. The maximum atomic E-state index is 12.7. The minimum Gasteiger partial charge on any atom is -0.545 e. The van der Waals surface area contributed by atoms with Crippen LogP contribution in [0.5, 0.6) is 5.75 Å². The number of carbonyl (C=O) groups is 1. The molecule has 0 N–H and O–H groups in total. The van der Waals surface area contributed by atoms with Gasteiger partial charge in [0.05, 0.1) is 22.5 Å². The predicted molar refractivity (Wildman–Crippen MR) is 92.4 cm³/mol. The first-order valence-electron chi connectivity index (χ1n) is 7.98. The summed E-state index contributed by atoms with van der Waals surface area (Å²) in [5.41, 5.74) is -0.129. The van der Waals surface area contributed by atoms with Gasteiger partial charge >= 0.3 is 6.61 Å². The number of nitrogens with zero attached hydrogens (tertiary/aromatic N) is 3. The number of fused-ring (bicyclic) bond motifs is 3. The summed E-state index contributed by atoms with van der Waals surface area (Å²) in [6, 6.07) is 7.38. The van der Waals surface area contributed by atoms with Gasteiger partial charge in [-0.1, -0.05) is 0 Å². The van der Waals surface area contributed by atoms with E-state index in [-0.39, 0.29) is 44.6 Å². The highest BCUT2D eigenvalue weighted by atomic mass is 19.3. The van der Waals surface area contributed by atoms with Crippen LogP contribution in [0.25, 0.3) is 33.2 Å². The number of ether oxygens (including phenoxy) is 1. The lowest BCUT2D eigenvalue weighted by Crippen LogP contribution is -2.22. The van der Waals surface area contributed by atoms with Gasteiger partial charge in [0.15, 0.2) is 16.9 Å². The standard InChI is InChI=1S/C18H9F2N3O6/c19-18(20)29-11-6-5-10(17(24)25)13-14-12(28-16(11)13)7-21-22-15(14)8-1-3-9(4-2-8)23(26)27/h1-7,18H,(H,24,25)/p-1. The first-order chi connectivity index (χ1) is 13.9. The number of nitro groups is 1. The normalized spacial score (nSPS) is 11.3. The van der Waals surface area contributed by atoms with Gasteiger partial charge in [-0.2, -0.15) is 13.9 Å². The summed E-state index contributed by atoms with van der Waals surface area (Å²) in [6.07, 6.45) is 1.19. The zero-order valence-electron chi connectivity index (χ0n) is 14.2. The van der Waals surface area contributed by atoms with E-state index in [4.69, 9.17) is 4.42 Å². The Morgan fingerprint density at radius 3 is 2.48 bits per heavy atom. The number of hydrogen-bond acceptors (Lipinski definition) is 8. The van der Waals surface area contributed by atoms with E-state index in [1.807, 2.05) is 0 Å². The second-order valence-corrected chi connectivity index (χ2v) is 5.82. The molecule has 0 unspecified atom stereocenters. The lowest BCUT2D eigenvalue weighted by molar-refractivity contribution is -0.384. The number of hydrogen-bond donors (Lipinski definition) is 0. The fourth-order valence-electron chi connectivity index (χ4n) is 3.01. The third-order valence-electron chi connectivity index (χ3n) is 4.19. The summed E-state index contributed by atoms with van der Waals surface area (Å²) in [5.74, 6) is -1.93. The Morgan fingerprint density at radius 1 is 1.14 bits per heavy atom. The second-order valence-electron chi connectivity index (χ2n) is 5.82. The molecule has 0 radical (unpaired) electrons. The van der Waals surface area contributed by atoms with Gasteiger partial charge in [0.25, 0.3) is 5.69 Å². The van der Waals surface area contributed by atoms with E-state index in [0.29, 0.717) is 5.56 Å². The molecule has 0 bridgehead atoms. The van der Waals surface area contributed by atoms with Crippen molar-refractivity contribution in [3.8, 4) is 17.0 Å². The van der Waals surface area contributed by atoms with Crippen molar-refractivity contribution in [3.63, 3.8) is 0 Å². The van der Waals surface area contributed by atoms with Crippen LogP contribution in [0.15, 0.2) is 47.0 Å². The van der Waals surface area contributed by atoms with Crippen LogP contribution in [-0.2, 0) is 0 Å². The lowest BCUT2D eigenvalue weighted by atomic mass is 10.0. The van der Waals surface area contributed by atoms with E-state index < -0.39 is 17.5 Å². The van der Waals surface area contributed by atoms with Crippen molar-refractivity contribution in [3.05, 3.63) is 58.3 Å². The number of carboxylic acids is 1. The molecule has 0 fully saturated rings. The Hall–Kier alpha value is -4.15. The molecule has 2 heterocycles. The van der Waals surface area contributed by atoms with Crippen molar-refractivity contribution in [2.24, 2.45) is 0 Å². The van der Waals surface area contributed by atoms with Gasteiger partial charge in [0.1, 0.15) is 5.69 Å². The van der Waals surface area contributed by atoms with Crippen LogP contribution in [0, 0.1) is 10.1 Å². The van der Waals surface area contributed by atoms with Crippen molar-refractivity contribution in [1.29, 1.82) is 0 Å². The number of nitro benzene ring substituents is 1. The van der Waals surface area contributed by atoms with Gasteiger partial charge in [-0.3, -0.25) is 10.1 Å². The Bertz CT molecular complexity index is 1270. The second kappa shape index (κ2) is 6.78. The molecule has 0 aliphatic carbocycles. The zero-order chi connectivity index (χ0) is 20.7. The number of rotatable bonds is 5. The molecule has 0 atom stereocenters. The summed E-state index contributed by atoms with van der Waals surface area (Å²) in [6.45, 7) is -3.16. The minimum atomic E-state index is -3.16. The lowest BCUT2D eigenvalue weighted by Gasteiger charge is -2.09. The fourth-order valence-corrected chi connectivity index (χ4v) is 3.01. The van der Waals surface area contributed by atoms with E-state index in [1.54, 1.807) is 0 Å². The van der Waals surface area contributed by atoms with Crippen LogP contribution in [-0.4, -0.2) is 27.7 Å². The minimum absolute atomic E-state index is 0.0543. The number of non-ortho nitro benzene ring substituents is 1. The summed E-state index contributed by atoms with van der Waals surface area (Å²) >= 11 is 0. The topological polar surface area (TPSA) is 131 Å². The first-order valence-corrected chi connectivity index (χ1v) is 7.98. The molecule has 4 rings (SSSR count). The van der Waals surface area contributed by atoms with E-state index >= 15 is 0 Å². The van der Waals surface area contributed by atoms with Crippen LogP contribution in [0.3, 0.4) is 0 Å². The van der Waals surface area contributed by atoms with Crippen LogP contribution in [0.2, 0.25) is 0 Å². The molecule has 9 nitrogen and oxygen atoms in total. The van der Waals surface area contributed by atoms with E-state index in [1.165, 1.54) is 30.5 Å². The number of carbonyl (C=O) groups excluding carboxylic acids is 1. The van der Waals surface area contributed by atoms with Gasteiger partial charge in [-0.25, -0.2) is 0 Å². The molecule has 29 heavy (non-hydrogen) atoms. The van der Waals surface area contributed by atoms with E-state index in [2.05, 4.69) is 14.9 Å². The number of halogens is 2. The average molecular weight is 400 g/mol. The average Bonchev–Trinajstić information content (AvgIpc) is 3.08. The molecule has 11 heteroatoms. The highest BCUT2D eigenvalue weighted by molar-refractivity contribution is 6.19. The molecule has 2 aromatic heterocycles.